The van der Waals surface area contributed by atoms with Gasteiger partial charge < -0.3 is 10.6 Å². The van der Waals surface area contributed by atoms with E-state index >= 15 is 0 Å². The van der Waals surface area contributed by atoms with Crippen LogP contribution in [0.25, 0.3) is 0 Å². The zero-order chi connectivity index (χ0) is 17.5. The van der Waals surface area contributed by atoms with Crippen LogP contribution in [0.1, 0.15) is 46.5 Å². The number of piperazine rings is 1. The van der Waals surface area contributed by atoms with Crippen LogP contribution in [0.2, 0.25) is 0 Å². The number of carbonyl (C=O) groups excluding carboxylic acids is 2. The number of nitrogens with zero attached hydrogens (tertiary/aromatic N) is 2. The van der Waals surface area contributed by atoms with Gasteiger partial charge in [0.2, 0.25) is 11.8 Å². The average Bonchev–Trinajstić information content (AvgIpc) is 3.06. The molecule has 1 saturated carbocycles. The van der Waals surface area contributed by atoms with Crippen molar-refractivity contribution in [1.29, 1.82) is 0 Å². The van der Waals surface area contributed by atoms with Crippen molar-refractivity contribution >= 4 is 11.8 Å². The molecule has 0 aromatic rings. The Morgan fingerprint density at radius 2 is 1.67 bits per heavy atom. The maximum atomic E-state index is 12.4. The molecule has 1 saturated heterocycles. The van der Waals surface area contributed by atoms with Gasteiger partial charge in [0.25, 0.3) is 0 Å². The van der Waals surface area contributed by atoms with Crippen LogP contribution in [-0.2, 0) is 9.59 Å². The minimum Gasteiger partial charge on any atom is -0.355 e. The van der Waals surface area contributed by atoms with Crippen LogP contribution in [0, 0.1) is 5.92 Å². The Balaban J connectivity index is 1.67. The van der Waals surface area contributed by atoms with Crippen LogP contribution in [0.4, 0.5) is 0 Å². The molecule has 6 nitrogen and oxygen atoms in total. The summed E-state index contributed by atoms with van der Waals surface area (Å²) in [5.74, 6) is 0.735. The standard InChI is InChI=1S/C18H34N4O2/c1-14(2)12-19-17(23)13-21-8-10-22(11-9-21)15(3)18(24)20-16-6-4-5-7-16/h14-16H,4-13H2,1-3H3,(H,19,23)(H,20,24). The molecule has 6 heteroatoms. The Morgan fingerprint density at radius 3 is 2.25 bits per heavy atom. The van der Waals surface area contributed by atoms with E-state index < -0.39 is 0 Å². The summed E-state index contributed by atoms with van der Waals surface area (Å²) in [4.78, 5) is 28.7. The molecule has 1 aliphatic carbocycles. The summed E-state index contributed by atoms with van der Waals surface area (Å²) in [5.41, 5.74) is 0. The lowest BCUT2D eigenvalue weighted by atomic mass is 10.2. The highest BCUT2D eigenvalue weighted by Gasteiger charge is 2.28. The monoisotopic (exact) mass is 338 g/mol. The minimum atomic E-state index is -0.0810. The second kappa shape index (κ2) is 9.37. The average molecular weight is 338 g/mol. The number of amides is 2. The molecule has 138 valence electrons. The van der Waals surface area contributed by atoms with Crippen LogP contribution in [-0.4, -0.2) is 73.0 Å². The third-order valence-corrected chi connectivity index (χ3v) is 5.11. The van der Waals surface area contributed by atoms with Crippen molar-refractivity contribution in [2.24, 2.45) is 5.92 Å². The van der Waals surface area contributed by atoms with Crippen LogP contribution < -0.4 is 10.6 Å². The Morgan fingerprint density at radius 1 is 1.04 bits per heavy atom. The molecule has 2 fully saturated rings. The van der Waals surface area contributed by atoms with E-state index in [0.29, 0.717) is 18.5 Å². The highest BCUT2D eigenvalue weighted by atomic mass is 16.2. The van der Waals surface area contributed by atoms with Crippen LogP contribution in [0.5, 0.6) is 0 Å². The first-order valence-corrected chi connectivity index (χ1v) is 9.49. The number of nitrogens with one attached hydrogen (secondary N) is 2. The summed E-state index contributed by atoms with van der Waals surface area (Å²) in [6.07, 6.45) is 4.71. The topological polar surface area (TPSA) is 64.7 Å². The second-order valence-corrected chi connectivity index (χ2v) is 7.68. The molecule has 2 aliphatic rings. The third-order valence-electron chi connectivity index (χ3n) is 5.11. The van der Waals surface area contributed by atoms with Gasteiger partial charge in [0.05, 0.1) is 12.6 Å². The van der Waals surface area contributed by atoms with Crippen LogP contribution >= 0.6 is 0 Å². The van der Waals surface area contributed by atoms with Gasteiger partial charge in [-0.15, -0.1) is 0 Å². The fourth-order valence-electron chi connectivity index (χ4n) is 3.44. The van der Waals surface area contributed by atoms with Crippen molar-refractivity contribution in [3.8, 4) is 0 Å². The maximum absolute atomic E-state index is 12.4. The summed E-state index contributed by atoms with van der Waals surface area (Å²) < 4.78 is 0. The molecule has 1 heterocycles. The molecule has 0 spiro atoms. The Hall–Kier alpha value is -1.14. The summed E-state index contributed by atoms with van der Waals surface area (Å²) in [7, 11) is 0. The smallest absolute Gasteiger partial charge is 0.237 e. The van der Waals surface area contributed by atoms with Crippen molar-refractivity contribution in [2.45, 2.75) is 58.5 Å². The Labute approximate surface area is 146 Å². The SMILES string of the molecule is CC(C)CNC(=O)CN1CCN(C(C)C(=O)NC2CCCC2)CC1. The molecule has 1 unspecified atom stereocenters. The van der Waals surface area contributed by atoms with Gasteiger partial charge in [0.15, 0.2) is 0 Å². The molecular weight excluding hydrogens is 304 g/mol. The molecule has 2 amide bonds. The third kappa shape index (κ3) is 6.06. The molecule has 2 N–H and O–H groups in total. The molecular formula is C18H34N4O2. The molecule has 24 heavy (non-hydrogen) atoms. The first-order chi connectivity index (χ1) is 11.5. The van der Waals surface area contributed by atoms with E-state index in [9.17, 15) is 9.59 Å². The maximum Gasteiger partial charge on any atom is 0.237 e. The van der Waals surface area contributed by atoms with E-state index in [2.05, 4.69) is 34.3 Å². The minimum absolute atomic E-state index is 0.0810. The molecule has 0 radical (unpaired) electrons. The molecule has 0 aromatic heterocycles. The first kappa shape index (κ1) is 19.2. The summed E-state index contributed by atoms with van der Waals surface area (Å²) in [6, 6.07) is 0.299. The van der Waals surface area contributed by atoms with Gasteiger partial charge in [-0.3, -0.25) is 19.4 Å². The fourth-order valence-corrected chi connectivity index (χ4v) is 3.44. The lowest BCUT2D eigenvalue weighted by Gasteiger charge is -2.37. The van der Waals surface area contributed by atoms with Gasteiger partial charge in [0, 0.05) is 38.8 Å². The van der Waals surface area contributed by atoms with E-state index in [1.807, 2.05) is 6.92 Å². The number of hydrogen-bond acceptors (Lipinski definition) is 4. The molecule has 1 atom stereocenters. The van der Waals surface area contributed by atoms with Crippen molar-refractivity contribution in [1.82, 2.24) is 20.4 Å². The van der Waals surface area contributed by atoms with Gasteiger partial charge in [-0.25, -0.2) is 0 Å². The van der Waals surface area contributed by atoms with Gasteiger partial charge >= 0.3 is 0 Å². The molecule has 1 aliphatic heterocycles. The van der Waals surface area contributed by atoms with Crippen LogP contribution in [0.15, 0.2) is 0 Å². The van der Waals surface area contributed by atoms with Crippen molar-refractivity contribution < 1.29 is 9.59 Å². The Kier molecular flexibility index (Phi) is 7.49. The molecule has 0 aromatic carbocycles. The Bertz CT molecular complexity index is 413. The zero-order valence-corrected chi connectivity index (χ0v) is 15.5. The quantitative estimate of drug-likeness (QED) is 0.721. The van der Waals surface area contributed by atoms with Gasteiger partial charge in [-0.2, -0.15) is 0 Å². The number of carbonyl (C=O) groups is 2. The zero-order valence-electron chi connectivity index (χ0n) is 15.5. The fraction of sp³-hybridized carbons (Fsp3) is 0.889. The van der Waals surface area contributed by atoms with Crippen molar-refractivity contribution in [3.05, 3.63) is 0 Å². The summed E-state index contributed by atoms with van der Waals surface area (Å²) >= 11 is 0. The van der Waals surface area contributed by atoms with Gasteiger partial charge in [-0.1, -0.05) is 26.7 Å². The van der Waals surface area contributed by atoms with E-state index in [0.717, 1.165) is 45.6 Å². The molecule has 2 rings (SSSR count). The van der Waals surface area contributed by atoms with E-state index in [4.69, 9.17) is 0 Å². The van der Waals surface area contributed by atoms with Gasteiger partial charge in [-0.05, 0) is 25.7 Å². The predicted octanol–water partition coefficient (Wildman–Crippen LogP) is 0.824. The highest BCUT2D eigenvalue weighted by Crippen LogP contribution is 2.18. The van der Waals surface area contributed by atoms with E-state index in [1.54, 1.807) is 0 Å². The predicted molar refractivity (Wildman–Crippen MR) is 95.7 cm³/mol. The normalized spacial score (nSPS) is 21.8. The van der Waals surface area contributed by atoms with E-state index in [1.165, 1.54) is 12.8 Å². The number of rotatable bonds is 7. The highest BCUT2D eigenvalue weighted by molar-refractivity contribution is 5.81. The number of hydrogen-bond donors (Lipinski definition) is 2. The van der Waals surface area contributed by atoms with Crippen molar-refractivity contribution in [2.75, 3.05) is 39.3 Å². The van der Waals surface area contributed by atoms with E-state index in [-0.39, 0.29) is 17.9 Å². The lowest BCUT2D eigenvalue weighted by molar-refractivity contribution is -0.128. The van der Waals surface area contributed by atoms with Gasteiger partial charge in [0.1, 0.15) is 0 Å². The van der Waals surface area contributed by atoms with Crippen LogP contribution in [0.3, 0.4) is 0 Å². The second-order valence-electron chi connectivity index (χ2n) is 7.68. The largest absolute Gasteiger partial charge is 0.355 e. The summed E-state index contributed by atoms with van der Waals surface area (Å²) in [6.45, 7) is 10.8. The van der Waals surface area contributed by atoms with Crippen molar-refractivity contribution in [3.63, 3.8) is 0 Å². The lowest BCUT2D eigenvalue weighted by Crippen LogP contribution is -2.55. The molecule has 0 bridgehead atoms. The first-order valence-electron chi connectivity index (χ1n) is 9.49. The summed E-state index contributed by atoms with van der Waals surface area (Å²) in [5, 5.41) is 6.15.